The highest BCUT2D eigenvalue weighted by molar-refractivity contribution is 5.89. The molecule has 13 heavy (non-hydrogen) atoms. The van der Waals surface area contributed by atoms with Gasteiger partial charge in [-0.3, -0.25) is 9.78 Å². The van der Waals surface area contributed by atoms with Crippen molar-refractivity contribution in [1.82, 2.24) is 9.97 Å². The first-order valence-corrected chi connectivity index (χ1v) is 3.63. The van der Waals surface area contributed by atoms with Crippen molar-refractivity contribution in [2.45, 2.75) is 6.92 Å². The molecule has 1 amide bonds. The van der Waals surface area contributed by atoms with Crippen molar-refractivity contribution in [1.29, 1.82) is 0 Å². The number of amides is 1. The Balaban J connectivity index is 3.15. The van der Waals surface area contributed by atoms with Crippen molar-refractivity contribution in [3.8, 4) is 0 Å². The third-order valence-corrected chi connectivity index (χ3v) is 1.36. The van der Waals surface area contributed by atoms with Crippen molar-refractivity contribution in [2.24, 2.45) is 0 Å². The summed E-state index contributed by atoms with van der Waals surface area (Å²) in [5, 5.41) is 2.46. The van der Waals surface area contributed by atoms with E-state index in [9.17, 15) is 9.59 Å². The van der Waals surface area contributed by atoms with Gasteiger partial charge in [0.05, 0.1) is 0 Å². The predicted octanol–water partition coefficient (Wildman–Crippen LogP) is 0.371. The van der Waals surface area contributed by atoms with Gasteiger partial charge in [-0.1, -0.05) is 12.7 Å². The standard InChI is InChI=1S/C8H9N3O2/c1-3-6-4-9-8(13)11-7(6)10-5(2)12/h3-4H,1H2,2H3,(H2,9,10,11,12,13). The molecular weight excluding hydrogens is 170 g/mol. The highest BCUT2D eigenvalue weighted by atomic mass is 16.2. The van der Waals surface area contributed by atoms with Crippen molar-refractivity contribution < 1.29 is 4.79 Å². The topological polar surface area (TPSA) is 74.8 Å². The van der Waals surface area contributed by atoms with Gasteiger partial charge in [0.25, 0.3) is 0 Å². The van der Waals surface area contributed by atoms with Gasteiger partial charge < -0.3 is 5.32 Å². The first kappa shape index (κ1) is 9.18. The number of nitrogens with zero attached hydrogens (tertiary/aromatic N) is 1. The van der Waals surface area contributed by atoms with E-state index in [4.69, 9.17) is 0 Å². The molecular formula is C8H9N3O2. The van der Waals surface area contributed by atoms with Crippen LogP contribution in [0.4, 0.5) is 5.82 Å². The first-order valence-electron chi connectivity index (χ1n) is 3.63. The van der Waals surface area contributed by atoms with Crippen LogP contribution >= 0.6 is 0 Å². The first-order chi connectivity index (χ1) is 6.13. The zero-order valence-corrected chi connectivity index (χ0v) is 7.13. The maximum absolute atomic E-state index is 10.8. The van der Waals surface area contributed by atoms with E-state index < -0.39 is 5.69 Å². The van der Waals surface area contributed by atoms with Gasteiger partial charge in [0.1, 0.15) is 5.82 Å². The maximum Gasteiger partial charge on any atom is 0.346 e. The second kappa shape index (κ2) is 3.66. The molecule has 68 valence electrons. The van der Waals surface area contributed by atoms with Crippen LogP contribution in [0.25, 0.3) is 6.08 Å². The fraction of sp³-hybridized carbons (Fsp3) is 0.125. The highest BCUT2D eigenvalue weighted by Gasteiger charge is 2.01. The second-order valence-electron chi connectivity index (χ2n) is 2.40. The smallest absolute Gasteiger partial charge is 0.312 e. The van der Waals surface area contributed by atoms with Crippen LogP contribution in [0.3, 0.4) is 0 Å². The predicted molar refractivity (Wildman–Crippen MR) is 49.3 cm³/mol. The molecule has 0 saturated heterocycles. The summed E-state index contributed by atoms with van der Waals surface area (Å²) in [5.41, 5.74) is 0.0733. The summed E-state index contributed by atoms with van der Waals surface area (Å²) < 4.78 is 0. The van der Waals surface area contributed by atoms with Crippen molar-refractivity contribution >= 4 is 17.8 Å². The van der Waals surface area contributed by atoms with E-state index in [1.165, 1.54) is 19.2 Å². The van der Waals surface area contributed by atoms with Crippen LogP contribution in [-0.4, -0.2) is 15.9 Å². The molecule has 2 N–H and O–H groups in total. The largest absolute Gasteiger partial charge is 0.346 e. The lowest BCUT2D eigenvalue weighted by Gasteiger charge is -2.03. The molecule has 0 spiro atoms. The van der Waals surface area contributed by atoms with Crippen LogP contribution in [0, 0.1) is 0 Å². The molecule has 5 nitrogen and oxygen atoms in total. The SMILES string of the molecule is C=Cc1cnc(=O)[nH]c1NC(C)=O. The van der Waals surface area contributed by atoms with E-state index in [0.717, 1.165) is 0 Å². The van der Waals surface area contributed by atoms with Gasteiger partial charge in [0.2, 0.25) is 5.91 Å². The molecule has 0 atom stereocenters. The average molecular weight is 179 g/mol. The van der Waals surface area contributed by atoms with Gasteiger partial charge in [-0.2, -0.15) is 0 Å². The van der Waals surface area contributed by atoms with Crippen LogP contribution in [0.5, 0.6) is 0 Å². The molecule has 0 fully saturated rings. The van der Waals surface area contributed by atoms with E-state index in [2.05, 4.69) is 21.9 Å². The van der Waals surface area contributed by atoms with Crippen LogP contribution in [0.2, 0.25) is 0 Å². The maximum atomic E-state index is 10.8. The van der Waals surface area contributed by atoms with Gasteiger partial charge in [-0.05, 0) is 0 Å². The molecule has 0 saturated carbocycles. The van der Waals surface area contributed by atoms with Crippen LogP contribution in [-0.2, 0) is 4.79 Å². The van der Waals surface area contributed by atoms with E-state index in [1.807, 2.05) is 0 Å². The van der Waals surface area contributed by atoms with E-state index in [1.54, 1.807) is 0 Å². The Hall–Kier alpha value is -1.91. The van der Waals surface area contributed by atoms with Gasteiger partial charge in [-0.25, -0.2) is 9.78 Å². The van der Waals surface area contributed by atoms with Gasteiger partial charge >= 0.3 is 5.69 Å². The lowest BCUT2D eigenvalue weighted by molar-refractivity contribution is -0.114. The quantitative estimate of drug-likeness (QED) is 0.688. The summed E-state index contributed by atoms with van der Waals surface area (Å²) in [7, 11) is 0. The van der Waals surface area contributed by atoms with Crippen LogP contribution < -0.4 is 11.0 Å². The number of nitrogens with one attached hydrogen (secondary N) is 2. The Kier molecular flexibility index (Phi) is 2.59. The summed E-state index contributed by atoms with van der Waals surface area (Å²) in [6.45, 7) is 4.87. The van der Waals surface area contributed by atoms with Gasteiger partial charge in [0.15, 0.2) is 0 Å². The molecule has 0 aromatic carbocycles. The molecule has 1 rings (SSSR count). The summed E-state index contributed by atoms with van der Waals surface area (Å²) in [4.78, 5) is 27.4. The number of hydrogen-bond donors (Lipinski definition) is 2. The number of carbonyl (C=O) groups is 1. The summed E-state index contributed by atoms with van der Waals surface area (Å²) in [5.74, 6) is 0.0625. The summed E-state index contributed by atoms with van der Waals surface area (Å²) in [6, 6.07) is 0. The number of rotatable bonds is 2. The van der Waals surface area contributed by atoms with Crippen LogP contribution in [0.1, 0.15) is 12.5 Å². The van der Waals surface area contributed by atoms with E-state index >= 15 is 0 Å². The minimum atomic E-state index is -0.505. The number of anilines is 1. The monoisotopic (exact) mass is 179 g/mol. The van der Waals surface area contributed by atoms with E-state index in [0.29, 0.717) is 11.4 Å². The third-order valence-electron chi connectivity index (χ3n) is 1.36. The number of hydrogen-bond acceptors (Lipinski definition) is 3. The minimum absolute atomic E-state index is 0.259. The fourth-order valence-corrected chi connectivity index (χ4v) is 0.838. The Morgan fingerprint density at radius 3 is 3.00 bits per heavy atom. The number of aromatic nitrogens is 2. The van der Waals surface area contributed by atoms with Crippen LogP contribution in [0.15, 0.2) is 17.6 Å². The summed E-state index contributed by atoms with van der Waals surface area (Å²) in [6.07, 6.45) is 2.84. The van der Waals surface area contributed by atoms with Gasteiger partial charge in [0, 0.05) is 18.7 Å². The zero-order valence-electron chi connectivity index (χ0n) is 7.13. The number of aromatic amines is 1. The Morgan fingerprint density at radius 2 is 2.46 bits per heavy atom. The van der Waals surface area contributed by atoms with Crippen molar-refractivity contribution in [2.75, 3.05) is 5.32 Å². The molecule has 5 heteroatoms. The summed E-state index contributed by atoms with van der Waals surface area (Å²) >= 11 is 0. The molecule has 0 bridgehead atoms. The Labute approximate surface area is 74.5 Å². The number of carbonyl (C=O) groups excluding carboxylic acids is 1. The van der Waals surface area contributed by atoms with E-state index in [-0.39, 0.29) is 5.91 Å². The Morgan fingerprint density at radius 1 is 1.77 bits per heavy atom. The minimum Gasteiger partial charge on any atom is -0.312 e. The molecule has 0 aliphatic heterocycles. The molecule has 0 radical (unpaired) electrons. The molecule has 0 aliphatic carbocycles. The van der Waals surface area contributed by atoms with Crippen molar-refractivity contribution in [3.63, 3.8) is 0 Å². The molecule has 0 unspecified atom stereocenters. The lowest BCUT2D eigenvalue weighted by atomic mass is 10.3. The molecule has 0 aliphatic rings. The third kappa shape index (κ3) is 2.26. The van der Waals surface area contributed by atoms with Crippen molar-refractivity contribution in [3.05, 3.63) is 28.8 Å². The number of H-pyrrole nitrogens is 1. The second-order valence-corrected chi connectivity index (χ2v) is 2.40. The van der Waals surface area contributed by atoms with Gasteiger partial charge in [-0.15, -0.1) is 0 Å². The zero-order chi connectivity index (χ0) is 9.84. The fourth-order valence-electron chi connectivity index (χ4n) is 0.838. The lowest BCUT2D eigenvalue weighted by Crippen LogP contribution is -2.16. The Bertz CT molecular complexity index is 395. The molecule has 1 aromatic heterocycles. The molecule has 1 aromatic rings. The normalized spacial score (nSPS) is 9.31. The average Bonchev–Trinajstić information content (AvgIpc) is 2.03. The molecule has 1 heterocycles. The highest BCUT2D eigenvalue weighted by Crippen LogP contribution is 2.08.